The number of aliphatic carboxylic acids is 1. The molecule has 0 bridgehead atoms. The maximum Gasteiger partial charge on any atom is 0.306 e. The molecule has 0 fully saturated rings. The average molecular weight is 946 g/mol. The van der Waals surface area contributed by atoms with Crippen molar-refractivity contribution in [1.29, 1.82) is 0 Å². The molecule has 392 valence electrons. The van der Waals surface area contributed by atoms with Gasteiger partial charge in [-0.2, -0.15) is 0 Å². The molecular weight excluding hydrogens is 839 g/mol. The monoisotopic (exact) mass is 946 g/mol. The van der Waals surface area contributed by atoms with Crippen molar-refractivity contribution in [2.75, 3.05) is 47.5 Å². The zero-order valence-corrected chi connectivity index (χ0v) is 44.5. The van der Waals surface area contributed by atoms with Crippen LogP contribution in [-0.2, 0) is 33.3 Å². The van der Waals surface area contributed by atoms with Crippen LogP contribution in [0.5, 0.6) is 0 Å². The molecule has 0 amide bonds. The van der Waals surface area contributed by atoms with Gasteiger partial charge in [-0.15, -0.1) is 0 Å². The molecule has 0 aliphatic rings. The molecule has 0 aromatic carbocycles. The second-order valence-corrected chi connectivity index (χ2v) is 20.2. The summed E-state index contributed by atoms with van der Waals surface area (Å²) in [6, 6.07) is 0. The topological polar surface area (TPSA) is 111 Å². The number of carbonyl (C=O) groups is 3. The number of hydrogen-bond acceptors (Lipinski definition) is 8. The SMILES string of the molecule is CCCCCC/C=C\CCCCCCCC(=O)OCC(COC(OCC[N+](C)(C)C)C(=O)[O-])OC(=O)CCCCCCCCCCCCCCCCCCC/C=C\C/C=C\CCCCCCC. The van der Waals surface area contributed by atoms with E-state index in [1.165, 1.54) is 167 Å². The highest BCUT2D eigenvalue weighted by molar-refractivity contribution is 5.70. The van der Waals surface area contributed by atoms with E-state index >= 15 is 0 Å². The molecule has 9 heteroatoms. The summed E-state index contributed by atoms with van der Waals surface area (Å²) in [4.78, 5) is 37.2. The molecule has 0 aliphatic heterocycles. The van der Waals surface area contributed by atoms with Crippen LogP contribution in [0.15, 0.2) is 36.5 Å². The van der Waals surface area contributed by atoms with E-state index in [0.717, 1.165) is 57.8 Å². The smallest absolute Gasteiger partial charge is 0.306 e. The lowest BCUT2D eigenvalue weighted by atomic mass is 10.0. The molecule has 0 saturated carbocycles. The van der Waals surface area contributed by atoms with Crippen LogP contribution in [0.25, 0.3) is 0 Å². The van der Waals surface area contributed by atoms with Gasteiger partial charge in [-0.25, -0.2) is 0 Å². The molecule has 0 aliphatic carbocycles. The summed E-state index contributed by atoms with van der Waals surface area (Å²) in [5.41, 5.74) is 0. The molecule has 9 nitrogen and oxygen atoms in total. The normalized spacial score (nSPS) is 13.0. The number of ether oxygens (including phenoxy) is 4. The first-order valence-corrected chi connectivity index (χ1v) is 28.1. The number of quaternary nitrogens is 1. The van der Waals surface area contributed by atoms with Crippen molar-refractivity contribution >= 4 is 17.9 Å². The number of carbonyl (C=O) groups excluding carboxylic acids is 3. The van der Waals surface area contributed by atoms with Crippen LogP contribution >= 0.6 is 0 Å². The Labute approximate surface area is 413 Å². The second kappa shape index (κ2) is 49.9. The number of hydrogen-bond donors (Lipinski definition) is 0. The Morgan fingerprint density at radius 2 is 0.806 bits per heavy atom. The average Bonchev–Trinajstić information content (AvgIpc) is 3.29. The molecule has 2 unspecified atom stereocenters. The van der Waals surface area contributed by atoms with Crippen molar-refractivity contribution in [3.8, 4) is 0 Å². The van der Waals surface area contributed by atoms with Crippen molar-refractivity contribution in [1.82, 2.24) is 0 Å². The summed E-state index contributed by atoms with van der Waals surface area (Å²) in [5, 5.41) is 11.7. The Kier molecular flexibility index (Phi) is 48.1. The Hall–Kier alpha value is -2.49. The van der Waals surface area contributed by atoms with Crippen LogP contribution in [0.3, 0.4) is 0 Å². The third kappa shape index (κ3) is 51.2. The molecule has 0 aromatic heterocycles. The van der Waals surface area contributed by atoms with E-state index in [1.807, 2.05) is 21.1 Å². The van der Waals surface area contributed by atoms with Crippen molar-refractivity contribution in [3.63, 3.8) is 0 Å². The first kappa shape index (κ1) is 64.5. The van der Waals surface area contributed by atoms with Gasteiger partial charge in [0.05, 0.1) is 40.3 Å². The number of nitrogens with zero attached hydrogens (tertiary/aromatic N) is 1. The fraction of sp³-hybridized carbons (Fsp3) is 0.845. The fourth-order valence-corrected chi connectivity index (χ4v) is 7.97. The first-order chi connectivity index (χ1) is 32.6. The van der Waals surface area contributed by atoms with E-state index in [1.54, 1.807) is 0 Å². The number of carboxylic acid groups (broad SMARTS) is 1. The Morgan fingerprint density at radius 1 is 0.448 bits per heavy atom. The quantitative estimate of drug-likeness (QED) is 0.0195. The highest BCUT2D eigenvalue weighted by Crippen LogP contribution is 2.16. The molecule has 0 aromatic rings. The third-order valence-corrected chi connectivity index (χ3v) is 12.4. The number of allylic oxidation sites excluding steroid dienone is 6. The Bertz CT molecular complexity index is 1190. The summed E-state index contributed by atoms with van der Waals surface area (Å²) < 4.78 is 22.6. The lowest BCUT2D eigenvalue weighted by molar-refractivity contribution is -0.870. The van der Waals surface area contributed by atoms with E-state index in [9.17, 15) is 19.5 Å². The van der Waals surface area contributed by atoms with Crippen molar-refractivity contribution in [2.24, 2.45) is 0 Å². The second-order valence-electron chi connectivity index (χ2n) is 20.2. The molecule has 0 spiro atoms. The van der Waals surface area contributed by atoms with Crippen LogP contribution in [0, 0.1) is 0 Å². The summed E-state index contributed by atoms with van der Waals surface area (Å²) in [6.45, 7) is 4.73. The molecule has 0 N–H and O–H groups in total. The maximum atomic E-state index is 12.8. The van der Waals surface area contributed by atoms with E-state index in [2.05, 4.69) is 50.3 Å². The Morgan fingerprint density at radius 3 is 1.21 bits per heavy atom. The van der Waals surface area contributed by atoms with Crippen LogP contribution in [0.1, 0.15) is 258 Å². The Balaban J connectivity index is 4.14. The van der Waals surface area contributed by atoms with Gasteiger partial charge in [-0.3, -0.25) is 9.59 Å². The first-order valence-electron chi connectivity index (χ1n) is 28.1. The summed E-state index contributed by atoms with van der Waals surface area (Å²) in [7, 11) is 5.92. The standard InChI is InChI=1S/C58H107NO8/c1-6-8-10-12-14-16-18-20-21-22-23-24-25-26-27-28-29-30-31-32-33-34-35-37-39-41-43-45-47-49-56(61)67-54(53-66-58(57(62)63)64-51-50-59(3,4)5)52-65-55(60)48-46-44-42-40-38-36-19-17-15-13-11-9-7-2/h17-20,22-23,54,58H,6-16,21,24-53H2,1-5H3/b19-17-,20-18-,23-22-. The molecule has 67 heavy (non-hydrogen) atoms. The lowest BCUT2D eigenvalue weighted by Crippen LogP contribution is -2.44. The molecule has 0 heterocycles. The van der Waals surface area contributed by atoms with Gasteiger partial charge in [0.1, 0.15) is 13.2 Å². The van der Waals surface area contributed by atoms with Crippen molar-refractivity contribution in [3.05, 3.63) is 36.5 Å². The van der Waals surface area contributed by atoms with Crippen molar-refractivity contribution in [2.45, 2.75) is 270 Å². The molecule has 0 rings (SSSR count). The minimum Gasteiger partial charge on any atom is -0.545 e. The number of likely N-dealkylation sites (N-methyl/N-ethyl adjacent to an activating group) is 1. The summed E-state index contributed by atoms with van der Waals surface area (Å²) in [6.07, 6.45) is 56.3. The minimum atomic E-state index is -1.62. The third-order valence-electron chi connectivity index (χ3n) is 12.4. The molecule has 0 saturated heterocycles. The molecule has 2 atom stereocenters. The van der Waals surface area contributed by atoms with Gasteiger partial charge in [-0.1, -0.05) is 211 Å². The number of esters is 2. The van der Waals surface area contributed by atoms with Gasteiger partial charge < -0.3 is 33.3 Å². The summed E-state index contributed by atoms with van der Waals surface area (Å²) in [5.74, 6) is -2.28. The van der Waals surface area contributed by atoms with E-state index in [4.69, 9.17) is 18.9 Å². The number of rotatable bonds is 52. The highest BCUT2D eigenvalue weighted by atomic mass is 16.7. The zero-order chi connectivity index (χ0) is 49.2. The van der Waals surface area contributed by atoms with Gasteiger partial charge >= 0.3 is 11.9 Å². The molecular formula is C58H107NO8. The van der Waals surface area contributed by atoms with Crippen LogP contribution in [0.2, 0.25) is 0 Å². The van der Waals surface area contributed by atoms with Gasteiger partial charge in [0.2, 0.25) is 0 Å². The van der Waals surface area contributed by atoms with Gasteiger partial charge in [0.15, 0.2) is 12.4 Å². The van der Waals surface area contributed by atoms with E-state index < -0.39 is 24.3 Å². The largest absolute Gasteiger partial charge is 0.545 e. The van der Waals surface area contributed by atoms with E-state index in [0.29, 0.717) is 17.4 Å². The minimum absolute atomic E-state index is 0.148. The van der Waals surface area contributed by atoms with Crippen molar-refractivity contribution < 1.29 is 42.9 Å². The van der Waals surface area contributed by atoms with Gasteiger partial charge in [0.25, 0.3) is 0 Å². The van der Waals surface area contributed by atoms with Crippen LogP contribution < -0.4 is 5.11 Å². The van der Waals surface area contributed by atoms with Crippen LogP contribution in [-0.4, -0.2) is 82.3 Å². The lowest BCUT2D eigenvalue weighted by Gasteiger charge is -2.26. The van der Waals surface area contributed by atoms with Crippen LogP contribution in [0.4, 0.5) is 0 Å². The molecule has 0 radical (unpaired) electrons. The predicted octanol–water partition coefficient (Wildman–Crippen LogP) is 14.8. The number of unbranched alkanes of at least 4 members (excludes halogenated alkanes) is 31. The maximum absolute atomic E-state index is 12.8. The van der Waals surface area contributed by atoms with Gasteiger partial charge in [0, 0.05) is 12.8 Å². The zero-order valence-electron chi connectivity index (χ0n) is 44.5. The van der Waals surface area contributed by atoms with Gasteiger partial charge in [-0.05, 0) is 70.6 Å². The van der Waals surface area contributed by atoms with E-state index in [-0.39, 0.29) is 38.6 Å². The summed E-state index contributed by atoms with van der Waals surface area (Å²) >= 11 is 0. The number of carboxylic acids is 1. The highest BCUT2D eigenvalue weighted by Gasteiger charge is 2.22. The predicted molar refractivity (Wildman–Crippen MR) is 279 cm³/mol. The fourth-order valence-electron chi connectivity index (χ4n) is 7.97.